The number of anilines is 2. The summed E-state index contributed by atoms with van der Waals surface area (Å²) in [4.78, 5) is 41.7. The Morgan fingerprint density at radius 3 is 2.50 bits per heavy atom. The summed E-state index contributed by atoms with van der Waals surface area (Å²) >= 11 is 0. The molecule has 1 aliphatic carbocycles. The molecule has 3 N–H and O–H groups in total. The van der Waals surface area contributed by atoms with Gasteiger partial charge in [-0.1, -0.05) is 18.2 Å². The van der Waals surface area contributed by atoms with Gasteiger partial charge in [0.1, 0.15) is 0 Å². The minimum absolute atomic E-state index is 0.00764. The van der Waals surface area contributed by atoms with Crippen molar-refractivity contribution in [3.05, 3.63) is 59.2 Å². The zero-order chi connectivity index (χ0) is 30.2. The van der Waals surface area contributed by atoms with E-state index in [1.807, 2.05) is 32.2 Å². The van der Waals surface area contributed by atoms with E-state index in [0.29, 0.717) is 38.7 Å². The monoisotopic (exact) mass is 579 g/mol. The first-order chi connectivity index (χ1) is 20.1. The van der Waals surface area contributed by atoms with Gasteiger partial charge in [0, 0.05) is 76.1 Å². The molecule has 1 saturated carbocycles. The van der Waals surface area contributed by atoms with Gasteiger partial charge >= 0.3 is 12.2 Å². The van der Waals surface area contributed by atoms with Crippen LogP contribution < -0.4 is 15.5 Å². The Morgan fingerprint density at radius 1 is 1.07 bits per heavy atom. The Morgan fingerprint density at radius 2 is 1.83 bits per heavy atom. The van der Waals surface area contributed by atoms with Crippen LogP contribution in [-0.2, 0) is 22.5 Å². The van der Waals surface area contributed by atoms with Gasteiger partial charge in [0.2, 0.25) is 5.91 Å². The van der Waals surface area contributed by atoms with E-state index in [4.69, 9.17) is 4.74 Å². The standard InChI is InChI=1S/C32H45N5O5/c1-22-18-29(13-10-26(22)21-36-15-16-37(32(40)41)23(2)20-36)35(4)30(38)25-8-11-27(12-9-25)34-28-7-5-6-24(19-28)14-17-42-31(39)33-3/h5-7,10,13,18-19,23,25,27,34H,8-9,11-12,14-17,20-21H2,1-4H3,(H,33,39)(H,40,41)/t23-,25-,27-/m0/s1. The van der Waals surface area contributed by atoms with Crippen LogP contribution in [0.1, 0.15) is 49.3 Å². The van der Waals surface area contributed by atoms with Crippen LogP contribution in [0.25, 0.3) is 0 Å². The first kappa shape index (κ1) is 31.2. The van der Waals surface area contributed by atoms with Crippen molar-refractivity contribution in [3.63, 3.8) is 0 Å². The maximum absolute atomic E-state index is 13.4. The Balaban J connectivity index is 1.25. The van der Waals surface area contributed by atoms with Crippen LogP contribution in [0.4, 0.5) is 21.0 Å². The van der Waals surface area contributed by atoms with Crippen molar-refractivity contribution in [2.45, 2.75) is 64.6 Å². The molecule has 2 aromatic rings. The van der Waals surface area contributed by atoms with Crippen molar-refractivity contribution < 1.29 is 24.2 Å². The van der Waals surface area contributed by atoms with Gasteiger partial charge < -0.3 is 30.3 Å². The number of nitrogens with zero attached hydrogens (tertiary/aromatic N) is 3. The number of hydrogen-bond donors (Lipinski definition) is 3. The minimum Gasteiger partial charge on any atom is -0.465 e. The first-order valence-corrected chi connectivity index (χ1v) is 14.9. The highest BCUT2D eigenvalue weighted by Crippen LogP contribution is 2.30. The van der Waals surface area contributed by atoms with Gasteiger partial charge in [-0.3, -0.25) is 9.69 Å². The van der Waals surface area contributed by atoms with E-state index >= 15 is 0 Å². The minimum atomic E-state index is -0.854. The van der Waals surface area contributed by atoms with Crippen molar-refractivity contribution in [2.75, 3.05) is 50.6 Å². The van der Waals surface area contributed by atoms with Crippen LogP contribution in [0, 0.1) is 12.8 Å². The third kappa shape index (κ3) is 8.15. The van der Waals surface area contributed by atoms with Gasteiger partial charge in [-0.2, -0.15) is 0 Å². The smallest absolute Gasteiger partial charge is 0.407 e. The molecule has 0 radical (unpaired) electrons. The van der Waals surface area contributed by atoms with Gasteiger partial charge in [-0.05, 0) is 80.5 Å². The highest BCUT2D eigenvalue weighted by molar-refractivity contribution is 5.94. The summed E-state index contributed by atoms with van der Waals surface area (Å²) in [5.74, 6) is 0.172. The molecule has 1 atom stereocenters. The van der Waals surface area contributed by atoms with Crippen LogP contribution in [0.2, 0.25) is 0 Å². The van der Waals surface area contributed by atoms with Crippen molar-refractivity contribution >= 4 is 29.5 Å². The second-order valence-electron chi connectivity index (χ2n) is 11.6. The number of carboxylic acid groups (broad SMARTS) is 1. The van der Waals surface area contributed by atoms with E-state index in [0.717, 1.165) is 54.7 Å². The third-order valence-corrected chi connectivity index (χ3v) is 8.60. The predicted molar refractivity (Wildman–Crippen MR) is 164 cm³/mol. The Labute approximate surface area is 249 Å². The molecule has 10 nitrogen and oxygen atoms in total. The molecule has 2 fully saturated rings. The molecule has 3 amide bonds. The number of aryl methyl sites for hydroxylation is 1. The zero-order valence-electron chi connectivity index (χ0n) is 25.3. The van der Waals surface area contributed by atoms with E-state index in [2.05, 4.69) is 46.7 Å². The quantitative estimate of drug-likeness (QED) is 0.394. The fourth-order valence-electron chi connectivity index (χ4n) is 6.04. The Bertz CT molecular complexity index is 1250. The van der Waals surface area contributed by atoms with Crippen LogP contribution in [0.15, 0.2) is 42.5 Å². The fourth-order valence-corrected chi connectivity index (χ4v) is 6.04. The molecule has 1 heterocycles. The highest BCUT2D eigenvalue weighted by atomic mass is 16.5. The lowest BCUT2D eigenvalue weighted by molar-refractivity contribution is -0.123. The number of nitrogens with one attached hydrogen (secondary N) is 2. The predicted octanol–water partition coefficient (Wildman–Crippen LogP) is 4.71. The van der Waals surface area contributed by atoms with Gasteiger partial charge in [-0.25, -0.2) is 9.59 Å². The van der Waals surface area contributed by atoms with Crippen molar-refractivity contribution in [1.29, 1.82) is 0 Å². The topological polar surface area (TPSA) is 114 Å². The van der Waals surface area contributed by atoms with Crippen LogP contribution in [-0.4, -0.2) is 85.4 Å². The maximum Gasteiger partial charge on any atom is 0.407 e. The molecular formula is C32H45N5O5. The molecule has 42 heavy (non-hydrogen) atoms. The number of hydrogen-bond acceptors (Lipinski definition) is 6. The number of carbonyl (C=O) groups is 3. The summed E-state index contributed by atoms with van der Waals surface area (Å²) in [6, 6.07) is 14.7. The second-order valence-corrected chi connectivity index (χ2v) is 11.6. The summed E-state index contributed by atoms with van der Waals surface area (Å²) in [5, 5.41) is 15.4. The molecule has 0 unspecified atom stereocenters. The van der Waals surface area contributed by atoms with Gasteiger partial charge in [-0.15, -0.1) is 0 Å². The molecular weight excluding hydrogens is 534 g/mol. The lowest BCUT2D eigenvalue weighted by Gasteiger charge is -2.38. The second kappa shape index (κ2) is 14.4. The van der Waals surface area contributed by atoms with Crippen molar-refractivity contribution in [3.8, 4) is 0 Å². The normalized spacial score (nSPS) is 21.0. The van der Waals surface area contributed by atoms with E-state index in [1.165, 1.54) is 10.5 Å². The average molecular weight is 580 g/mol. The molecule has 10 heteroatoms. The van der Waals surface area contributed by atoms with E-state index in [-0.39, 0.29) is 17.9 Å². The molecule has 4 rings (SSSR count). The number of alkyl carbamates (subject to hydrolysis) is 1. The lowest BCUT2D eigenvalue weighted by atomic mass is 9.85. The van der Waals surface area contributed by atoms with Crippen LogP contribution >= 0.6 is 0 Å². The van der Waals surface area contributed by atoms with E-state index in [9.17, 15) is 19.5 Å². The van der Waals surface area contributed by atoms with Crippen LogP contribution in [0.5, 0.6) is 0 Å². The number of amides is 3. The van der Waals surface area contributed by atoms with Gasteiger partial charge in [0.15, 0.2) is 0 Å². The van der Waals surface area contributed by atoms with E-state index in [1.54, 1.807) is 11.9 Å². The highest BCUT2D eigenvalue weighted by Gasteiger charge is 2.30. The number of carbonyl (C=O) groups excluding carboxylic acids is 2. The summed E-state index contributed by atoms with van der Waals surface area (Å²) in [7, 11) is 3.41. The molecule has 228 valence electrons. The largest absolute Gasteiger partial charge is 0.465 e. The average Bonchev–Trinajstić information content (AvgIpc) is 2.98. The molecule has 1 saturated heterocycles. The van der Waals surface area contributed by atoms with E-state index < -0.39 is 12.2 Å². The lowest BCUT2D eigenvalue weighted by Crippen LogP contribution is -2.53. The van der Waals surface area contributed by atoms with Crippen LogP contribution in [0.3, 0.4) is 0 Å². The molecule has 2 aromatic carbocycles. The summed E-state index contributed by atoms with van der Waals surface area (Å²) in [5.41, 5.74) is 5.39. The number of ether oxygens (including phenoxy) is 1. The number of rotatable bonds is 9. The SMILES string of the molecule is CNC(=O)OCCc1cccc(N[C@H]2CC[C@H](C(=O)N(C)c3ccc(CN4CCN(C(=O)O)[C@@H](C)C4)c(C)c3)CC2)c1. The molecule has 1 aliphatic heterocycles. The molecule has 2 aliphatic rings. The zero-order valence-corrected chi connectivity index (χ0v) is 25.3. The molecule has 0 spiro atoms. The maximum atomic E-state index is 13.4. The van der Waals surface area contributed by atoms with Crippen molar-refractivity contribution in [2.24, 2.45) is 5.92 Å². The molecule has 0 aromatic heterocycles. The van der Waals surface area contributed by atoms with Gasteiger partial charge in [0.05, 0.1) is 6.61 Å². The Kier molecular flexibility index (Phi) is 10.7. The summed E-state index contributed by atoms with van der Waals surface area (Å²) in [6.45, 7) is 7.08. The first-order valence-electron chi connectivity index (χ1n) is 14.9. The summed E-state index contributed by atoms with van der Waals surface area (Å²) < 4.78 is 5.10. The summed E-state index contributed by atoms with van der Waals surface area (Å²) in [6.07, 6.45) is 2.93. The van der Waals surface area contributed by atoms with Crippen molar-refractivity contribution in [1.82, 2.24) is 15.1 Å². The number of piperazine rings is 1. The molecule has 0 bridgehead atoms. The number of benzene rings is 2. The van der Waals surface area contributed by atoms with Gasteiger partial charge in [0.25, 0.3) is 0 Å². The third-order valence-electron chi connectivity index (χ3n) is 8.60. The fraction of sp³-hybridized carbons (Fsp3) is 0.531. The Hall–Kier alpha value is -3.79.